The quantitative estimate of drug-likeness (QED) is 0.405. The van der Waals surface area contributed by atoms with Gasteiger partial charge in [0.2, 0.25) is 0 Å². The summed E-state index contributed by atoms with van der Waals surface area (Å²) >= 11 is 15.2. The number of halogens is 3. The molecule has 8 heteroatoms. The molecule has 21 heavy (non-hydrogen) atoms. The molecule has 0 N–H and O–H groups in total. The van der Waals surface area contributed by atoms with Crippen molar-refractivity contribution >= 4 is 44.8 Å². The molecular formula is C13H5BrCl2N2O3. The van der Waals surface area contributed by atoms with E-state index in [0.29, 0.717) is 9.50 Å². The number of nitriles is 1. The van der Waals surface area contributed by atoms with Gasteiger partial charge >= 0.3 is 0 Å². The molecule has 0 aromatic heterocycles. The highest BCUT2D eigenvalue weighted by Crippen LogP contribution is 2.37. The maximum Gasteiger partial charge on any atom is 0.271 e. The Balaban J connectivity index is 2.43. The lowest BCUT2D eigenvalue weighted by atomic mass is 10.2. The average Bonchev–Trinajstić information content (AvgIpc) is 2.44. The Morgan fingerprint density at radius 3 is 2.52 bits per heavy atom. The molecule has 2 aromatic rings. The number of hydrogen-bond acceptors (Lipinski definition) is 4. The fourth-order valence-electron chi connectivity index (χ4n) is 1.51. The van der Waals surface area contributed by atoms with E-state index in [4.69, 9.17) is 33.2 Å². The molecule has 0 atom stereocenters. The van der Waals surface area contributed by atoms with E-state index in [1.807, 2.05) is 6.07 Å². The van der Waals surface area contributed by atoms with Gasteiger partial charge in [0.25, 0.3) is 5.69 Å². The summed E-state index contributed by atoms with van der Waals surface area (Å²) in [6.45, 7) is 0. The number of non-ortho nitro benzene ring substituents is 1. The summed E-state index contributed by atoms with van der Waals surface area (Å²) in [6.07, 6.45) is 0. The lowest BCUT2D eigenvalue weighted by Gasteiger charge is -2.10. The lowest BCUT2D eigenvalue weighted by molar-refractivity contribution is -0.384. The van der Waals surface area contributed by atoms with E-state index in [1.54, 1.807) is 6.07 Å². The zero-order valence-electron chi connectivity index (χ0n) is 10.1. The SMILES string of the molecule is N#Cc1cc([N+](=O)[O-])ccc1Oc1cc(Cl)c(Br)cc1Cl. The Kier molecular flexibility index (Phi) is 4.68. The molecule has 106 valence electrons. The van der Waals surface area contributed by atoms with E-state index in [9.17, 15) is 10.1 Å². The largest absolute Gasteiger partial charge is 0.454 e. The Labute approximate surface area is 137 Å². The minimum Gasteiger partial charge on any atom is -0.454 e. The van der Waals surface area contributed by atoms with Gasteiger partial charge in [0.1, 0.15) is 23.1 Å². The van der Waals surface area contributed by atoms with Crippen molar-refractivity contribution in [2.24, 2.45) is 0 Å². The Morgan fingerprint density at radius 2 is 1.90 bits per heavy atom. The summed E-state index contributed by atoms with van der Waals surface area (Å²) < 4.78 is 6.12. The third-order valence-corrected chi connectivity index (χ3v) is 3.98. The predicted octanol–water partition coefficient (Wildman–Crippen LogP) is 5.33. The molecule has 0 spiro atoms. The minimum atomic E-state index is -0.589. The van der Waals surface area contributed by atoms with Gasteiger partial charge in [-0.25, -0.2) is 0 Å². The summed E-state index contributed by atoms with van der Waals surface area (Å²) in [5.41, 5.74) is -0.168. The smallest absolute Gasteiger partial charge is 0.271 e. The number of nitro groups is 1. The summed E-state index contributed by atoms with van der Waals surface area (Å²) in [5.74, 6) is 0.401. The third-order valence-electron chi connectivity index (χ3n) is 2.49. The van der Waals surface area contributed by atoms with E-state index in [2.05, 4.69) is 15.9 Å². The topological polar surface area (TPSA) is 76.2 Å². The van der Waals surface area contributed by atoms with Crippen LogP contribution in [-0.4, -0.2) is 4.92 Å². The molecule has 0 radical (unpaired) electrons. The van der Waals surface area contributed by atoms with E-state index < -0.39 is 4.92 Å². The van der Waals surface area contributed by atoms with E-state index in [1.165, 1.54) is 18.2 Å². The molecule has 0 saturated heterocycles. The van der Waals surface area contributed by atoms with Crippen molar-refractivity contribution < 1.29 is 9.66 Å². The molecule has 0 aliphatic heterocycles. The highest BCUT2D eigenvalue weighted by Gasteiger charge is 2.14. The molecule has 2 aromatic carbocycles. The maximum absolute atomic E-state index is 10.7. The standard InChI is InChI=1S/C13H5BrCl2N2O3/c14-9-4-11(16)13(5-10(9)15)21-12-2-1-8(18(19)20)3-7(12)6-17/h1-5H. The summed E-state index contributed by atoms with van der Waals surface area (Å²) in [6, 6.07) is 8.58. The second-order valence-electron chi connectivity index (χ2n) is 3.85. The first kappa shape index (κ1) is 15.6. The Bertz CT molecular complexity index is 775. The van der Waals surface area contributed by atoms with Gasteiger partial charge in [-0.05, 0) is 28.1 Å². The lowest BCUT2D eigenvalue weighted by Crippen LogP contribution is -1.93. The van der Waals surface area contributed by atoms with Gasteiger partial charge < -0.3 is 4.74 Å². The zero-order chi connectivity index (χ0) is 15.6. The van der Waals surface area contributed by atoms with Crippen molar-refractivity contribution in [1.82, 2.24) is 0 Å². The molecule has 0 unspecified atom stereocenters. The van der Waals surface area contributed by atoms with Crippen LogP contribution in [0.1, 0.15) is 5.56 Å². The van der Waals surface area contributed by atoms with Crippen LogP contribution in [0.25, 0.3) is 0 Å². The van der Waals surface area contributed by atoms with Crippen LogP contribution in [-0.2, 0) is 0 Å². The summed E-state index contributed by atoms with van der Waals surface area (Å²) in [4.78, 5) is 10.1. The number of hydrogen-bond donors (Lipinski definition) is 0. The molecule has 5 nitrogen and oxygen atoms in total. The fraction of sp³-hybridized carbons (Fsp3) is 0. The van der Waals surface area contributed by atoms with Crippen molar-refractivity contribution in [3.05, 3.63) is 60.5 Å². The third kappa shape index (κ3) is 3.45. The molecule has 2 rings (SSSR count). The first-order valence-corrected chi connectivity index (χ1v) is 6.98. The number of ether oxygens (including phenoxy) is 1. The van der Waals surface area contributed by atoms with Crippen LogP contribution >= 0.6 is 39.1 Å². The minimum absolute atomic E-state index is 0.0271. The van der Waals surface area contributed by atoms with Crippen LogP contribution < -0.4 is 4.74 Å². The maximum atomic E-state index is 10.7. The van der Waals surface area contributed by atoms with Crippen molar-refractivity contribution in [2.75, 3.05) is 0 Å². The van der Waals surface area contributed by atoms with Crippen molar-refractivity contribution in [1.29, 1.82) is 5.26 Å². The van der Waals surface area contributed by atoms with Gasteiger partial charge in [-0.2, -0.15) is 5.26 Å². The normalized spacial score (nSPS) is 10.0. The van der Waals surface area contributed by atoms with Gasteiger partial charge in [0, 0.05) is 22.7 Å². The van der Waals surface area contributed by atoms with E-state index >= 15 is 0 Å². The summed E-state index contributed by atoms with van der Waals surface area (Å²) in [7, 11) is 0. The van der Waals surface area contributed by atoms with Crippen molar-refractivity contribution in [3.63, 3.8) is 0 Å². The first-order valence-electron chi connectivity index (χ1n) is 5.43. The molecule has 0 aliphatic carbocycles. The Hall–Kier alpha value is -1.81. The predicted molar refractivity (Wildman–Crippen MR) is 82.0 cm³/mol. The van der Waals surface area contributed by atoms with Gasteiger partial charge in [-0.1, -0.05) is 23.2 Å². The second-order valence-corrected chi connectivity index (χ2v) is 5.52. The molecule has 0 aliphatic rings. The van der Waals surface area contributed by atoms with Crippen LogP contribution in [0.5, 0.6) is 11.5 Å². The van der Waals surface area contributed by atoms with Crippen LogP contribution in [0.4, 0.5) is 5.69 Å². The van der Waals surface area contributed by atoms with E-state index in [-0.39, 0.29) is 27.8 Å². The van der Waals surface area contributed by atoms with Crippen molar-refractivity contribution in [3.8, 4) is 17.6 Å². The van der Waals surface area contributed by atoms with Gasteiger partial charge in [0.05, 0.1) is 15.0 Å². The molecule has 0 amide bonds. The van der Waals surface area contributed by atoms with Gasteiger partial charge in [0.15, 0.2) is 0 Å². The van der Waals surface area contributed by atoms with Crippen LogP contribution in [0.15, 0.2) is 34.8 Å². The number of nitrogens with zero attached hydrogens (tertiary/aromatic N) is 2. The number of rotatable bonds is 3. The van der Waals surface area contributed by atoms with Gasteiger partial charge in [-0.15, -0.1) is 0 Å². The molecule has 0 fully saturated rings. The van der Waals surface area contributed by atoms with Crippen LogP contribution in [0.2, 0.25) is 10.0 Å². The summed E-state index contributed by atoms with van der Waals surface area (Å²) in [5, 5.41) is 20.4. The van der Waals surface area contributed by atoms with Crippen molar-refractivity contribution in [2.45, 2.75) is 0 Å². The van der Waals surface area contributed by atoms with Gasteiger partial charge in [-0.3, -0.25) is 10.1 Å². The number of benzene rings is 2. The highest BCUT2D eigenvalue weighted by molar-refractivity contribution is 9.10. The van der Waals surface area contributed by atoms with Crippen LogP contribution in [0, 0.1) is 21.4 Å². The zero-order valence-corrected chi connectivity index (χ0v) is 13.2. The molecular weight excluding hydrogens is 383 g/mol. The fourth-order valence-corrected chi connectivity index (χ4v) is 2.34. The molecule has 0 bridgehead atoms. The molecule has 0 heterocycles. The monoisotopic (exact) mass is 386 g/mol. The second kappa shape index (κ2) is 6.31. The average molecular weight is 388 g/mol. The van der Waals surface area contributed by atoms with E-state index in [0.717, 1.165) is 6.07 Å². The first-order chi connectivity index (χ1) is 9.92. The highest BCUT2D eigenvalue weighted by atomic mass is 79.9. The molecule has 0 saturated carbocycles. The van der Waals surface area contributed by atoms with Crippen LogP contribution in [0.3, 0.4) is 0 Å². The Morgan fingerprint density at radius 1 is 1.19 bits per heavy atom. The number of nitro benzene ring substituents is 1.